The van der Waals surface area contributed by atoms with Crippen molar-refractivity contribution >= 4 is 23.3 Å². The summed E-state index contributed by atoms with van der Waals surface area (Å²) >= 11 is 1.47. The minimum absolute atomic E-state index is 0.110. The maximum atomic E-state index is 12.3. The highest BCUT2D eigenvalue weighted by Gasteiger charge is 2.24. The number of aliphatic carboxylic acids is 1. The van der Waals surface area contributed by atoms with Crippen LogP contribution in [0.15, 0.2) is 10.9 Å². The van der Waals surface area contributed by atoms with E-state index >= 15 is 0 Å². The number of amides is 2. The molecule has 1 unspecified atom stereocenters. The minimum Gasteiger partial charge on any atom is -0.480 e. The van der Waals surface area contributed by atoms with Gasteiger partial charge < -0.3 is 14.9 Å². The highest BCUT2D eigenvalue weighted by atomic mass is 32.1. The van der Waals surface area contributed by atoms with Gasteiger partial charge in [-0.1, -0.05) is 6.92 Å². The predicted molar refractivity (Wildman–Crippen MR) is 73.1 cm³/mol. The molecular weight excluding hydrogens is 266 g/mol. The molecule has 0 radical (unpaired) electrons. The molecule has 0 spiro atoms. The van der Waals surface area contributed by atoms with Gasteiger partial charge in [-0.3, -0.25) is 4.79 Å². The van der Waals surface area contributed by atoms with Crippen molar-refractivity contribution in [1.29, 1.82) is 0 Å². The fourth-order valence-corrected chi connectivity index (χ4v) is 2.17. The third-order valence-corrected chi connectivity index (χ3v) is 3.52. The number of carbonyl (C=O) groups is 2. The van der Waals surface area contributed by atoms with Crippen LogP contribution in [0.5, 0.6) is 0 Å². The molecule has 7 heteroatoms. The van der Waals surface area contributed by atoms with Crippen LogP contribution in [0.2, 0.25) is 0 Å². The van der Waals surface area contributed by atoms with Crippen LogP contribution in [0.4, 0.5) is 4.79 Å². The van der Waals surface area contributed by atoms with Crippen LogP contribution in [0.3, 0.4) is 0 Å². The summed E-state index contributed by atoms with van der Waals surface area (Å²) in [7, 11) is 1.65. The summed E-state index contributed by atoms with van der Waals surface area (Å²) in [6.45, 7) is 3.87. The molecule has 0 aromatic carbocycles. The summed E-state index contributed by atoms with van der Waals surface area (Å²) in [5.74, 6) is -1.00. The number of aromatic nitrogens is 1. The topological polar surface area (TPSA) is 73.7 Å². The zero-order valence-corrected chi connectivity index (χ0v) is 12.2. The van der Waals surface area contributed by atoms with Crippen LogP contribution in [0, 0.1) is 0 Å². The Labute approximate surface area is 116 Å². The molecule has 0 aliphatic rings. The van der Waals surface area contributed by atoms with Gasteiger partial charge in [-0.2, -0.15) is 0 Å². The normalized spacial score (nSPS) is 11.9. The Morgan fingerprint density at radius 1 is 1.53 bits per heavy atom. The number of nitrogens with zero attached hydrogens (tertiary/aromatic N) is 3. The Bertz CT molecular complexity index is 422. The molecule has 1 aromatic rings. The number of hydrogen-bond acceptors (Lipinski definition) is 4. The van der Waals surface area contributed by atoms with Crippen LogP contribution < -0.4 is 0 Å². The molecule has 19 heavy (non-hydrogen) atoms. The number of hydrogen-bond donors (Lipinski definition) is 1. The number of carboxylic acids is 1. The van der Waals surface area contributed by atoms with Crippen molar-refractivity contribution in [3.8, 4) is 0 Å². The van der Waals surface area contributed by atoms with Gasteiger partial charge in [0, 0.05) is 18.5 Å². The SMILES string of the molecule is CCC(C)N(CC(=O)O)C(=O)N(C)Cc1cscn1. The lowest BCUT2D eigenvalue weighted by Crippen LogP contribution is -2.47. The van der Waals surface area contributed by atoms with Crippen molar-refractivity contribution in [3.05, 3.63) is 16.6 Å². The molecule has 6 nitrogen and oxygen atoms in total. The molecule has 1 N–H and O–H groups in total. The lowest BCUT2D eigenvalue weighted by Gasteiger charge is -2.31. The van der Waals surface area contributed by atoms with Crippen molar-refractivity contribution in [2.24, 2.45) is 0 Å². The highest BCUT2D eigenvalue weighted by molar-refractivity contribution is 7.07. The summed E-state index contributed by atoms with van der Waals surface area (Å²) < 4.78 is 0. The second-order valence-corrected chi connectivity index (χ2v) is 5.12. The van der Waals surface area contributed by atoms with Gasteiger partial charge in [-0.05, 0) is 13.3 Å². The number of thiazole rings is 1. The monoisotopic (exact) mass is 285 g/mol. The van der Waals surface area contributed by atoms with Gasteiger partial charge in [-0.25, -0.2) is 9.78 Å². The van der Waals surface area contributed by atoms with E-state index in [9.17, 15) is 9.59 Å². The Balaban J connectivity index is 2.71. The second kappa shape index (κ2) is 7.08. The summed E-state index contributed by atoms with van der Waals surface area (Å²) in [5, 5.41) is 10.8. The van der Waals surface area contributed by atoms with Gasteiger partial charge in [0.15, 0.2) is 0 Å². The minimum atomic E-state index is -1.00. The summed E-state index contributed by atoms with van der Waals surface area (Å²) in [6, 6.07) is -0.397. The van der Waals surface area contributed by atoms with Crippen molar-refractivity contribution in [2.75, 3.05) is 13.6 Å². The average Bonchev–Trinajstić information content (AvgIpc) is 2.86. The van der Waals surface area contributed by atoms with E-state index in [1.54, 1.807) is 12.6 Å². The molecule has 1 aromatic heterocycles. The van der Waals surface area contributed by atoms with Crippen LogP contribution in [-0.2, 0) is 11.3 Å². The van der Waals surface area contributed by atoms with E-state index in [1.807, 2.05) is 19.2 Å². The van der Waals surface area contributed by atoms with E-state index in [0.29, 0.717) is 13.0 Å². The number of carboxylic acid groups (broad SMARTS) is 1. The van der Waals surface area contributed by atoms with E-state index in [0.717, 1.165) is 5.69 Å². The van der Waals surface area contributed by atoms with Crippen molar-refractivity contribution in [2.45, 2.75) is 32.9 Å². The quantitative estimate of drug-likeness (QED) is 0.866. The Hall–Kier alpha value is -1.63. The van der Waals surface area contributed by atoms with E-state index in [2.05, 4.69) is 4.98 Å². The molecule has 0 fully saturated rings. The van der Waals surface area contributed by atoms with Gasteiger partial charge in [0.25, 0.3) is 0 Å². The van der Waals surface area contributed by atoms with Crippen LogP contribution in [0.1, 0.15) is 26.0 Å². The van der Waals surface area contributed by atoms with E-state index in [-0.39, 0.29) is 18.6 Å². The first-order valence-electron chi connectivity index (χ1n) is 6.06. The summed E-state index contributed by atoms with van der Waals surface area (Å²) in [6.07, 6.45) is 0.712. The van der Waals surface area contributed by atoms with Gasteiger partial charge in [0.05, 0.1) is 17.7 Å². The molecule has 0 aliphatic carbocycles. The molecule has 0 aliphatic heterocycles. The standard InChI is InChI=1S/C12H19N3O3S/c1-4-9(2)15(6-11(16)17)12(18)14(3)5-10-7-19-8-13-10/h7-9H,4-6H2,1-3H3,(H,16,17). The predicted octanol–water partition coefficient (Wildman–Crippen LogP) is 1.88. The average molecular weight is 285 g/mol. The largest absolute Gasteiger partial charge is 0.480 e. The zero-order valence-electron chi connectivity index (χ0n) is 11.4. The van der Waals surface area contributed by atoms with Crippen LogP contribution in [-0.4, -0.2) is 51.5 Å². The maximum absolute atomic E-state index is 12.3. The number of rotatable bonds is 6. The van der Waals surface area contributed by atoms with Crippen molar-refractivity contribution in [3.63, 3.8) is 0 Å². The molecule has 0 saturated carbocycles. The number of carbonyl (C=O) groups excluding carboxylic acids is 1. The summed E-state index contributed by atoms with van der Waals surface area (Å²) in [4.78, 5) is 30.1. The van der Waals surface area contributed by atoms with Gasteiger partial charge in [0.2, 0.25) is 0 Å². The molecule has 1 atom stereocenters. The van der Waals surface area contributed by atoms with Crippen molar-refractivity contribution < 1.29 is 14.7 Å². The lowest BCUT2D eigenvalue weighted by molar-refractivity contribution is -0.138. The first kappa shape index (κ1) is 15.4. The lowest BCUT2D eigenvalue weighted by atomic mass is 10.2. The fourth-order valence-electron chi connectivity index (χ4n) is 1.62. The molecule has 1 heterocycles. The fraction of sp³-hybridized carbons (Fsp3) is 0.583. The first-order chi connectivity index (χ1) is 8.95. The van der Waals surface area contributed by atoms with Crippen LogP contribution >= 0.6 is 11.3 Å². The molecule has 0 bridgehead atoms. The maximum Gasteiger partial charge on any atom is 0.323 e. The molecule has 106 valence electrons. The third-order valence-electron chi connectivity index (χ3n) is 2.88. The Morgan fingerprint density at radius 2 is 2.21 bits per heavy atom. The van der Waals surface area contributed by atoms with Gasteiger partial charge >= 0.3 is 12.0 Å². The summed E-state index contributed by atoms with van der Waals surface area (Å²) in [5.41, 5.74) is 2.51. The van der Waals surface area contributed by atoms with E-state index in [4.69, 9.17) is 5.11 Å². The Morgan fingerprint density at radius 3 is 2.68 bits per heavy atom. The molecule has 0 saturated heterocycles. The van der Waals surface area contributed by atoms with E-state index < -0.39 is 5.97 Å². The third kappa shape index (κ3) is 4.51. The molecular formula is C12H19N3O3S. The zero-order chi connectivity index (χ0) is 14.4. The van der Waals surface area contributed by atoms with Crippen LogP contribution in [0.25, 0.3) is 0 Å². The number of urea groups is 1. The first-order valence-corrected chi connectivity index (χ1v) is 7.00. The second-order valence-electron chi connectivity index (χ2n) is 4.40. The van der Waals surface area contributed by atoms with Gasteiger partial charge in [-0.15, -0.1) is 11.3 Å². The molecule has 1 rings (SSSR count). The highest BCUT2D eigenvalue weighted by Crippen LogP contribution is 2.10. The Kier molecular flexibility index (Phi) is 5.75. The van der Waals surface area contributed by atoms with Gasteiger partial charge in [0.1, 0.15) is 6.54 Å². The molecule has 2 amide bonds. The smallest absolute Gasteiger partial charge is 0.323 e. The van der Waals surface area contributed by atoms with E-state index in [1.165, 1.54) is 21.1 Å². The van der Waals surface area contributed by atoms with Crippen molar-refractivity contribution in [1.82, 2.24) is 14.8 Å².